The fourth-order valence-electron chi connectivity index (χ4n) is 1.25. The van der Waals surface area contributed by atoms with Crippen LogP contribution in [0.3, 0.4) is 0 Å². The topological polar surface area (TPSA) is 64.4 Å². The lowest BCUT2D eigenvalue weighted by molar-refractivity contribution is 0.0861. The van der Waals surface area contributed by atoms with Crippen LogP contribution in [-0.2, 0) is 4.74 Å². The molecular formula is C7H13FN2O2. The van der Waals surface area contributed by atoms with E-state index in [-0.39, 0.29) is 12.5 Å². The smallest absolute Gasteiger partial charge is 0.404 e. The van der Waals surface area contributed by atoms with Gasteiger partial charge in [-0.1, -0.05) is 0 Å². The van der Waals surface area contributed by atoms with Crippen LogP contribution in [0.4, 0.5) is 9.18 Å². The second-order valence-corrected chi connectivity index (χ2v) is 2.90. The summed E-state index contributed by atoms with van der Waals surface area (Å²) >= 11 is 0. The molecule has 0 saturated carbocycles. The van der Waals surface area contributed by atoms with Crippen molar-refractivity contribution >= 4 is 6.09 Å². The van der Waals surface area contributed by atoms with E-state index in [9.17, 15) is 9.18 Å². The highest BCUT2D eigenvalue weighted by Crippen LogP contribution is 2.15. The predicted molar refractivity (Wildman–Crippen MR) is 41.4 cm³/mol. The molecule has 0 radical (unpaired) electrons. The molecule has 0 aromatic rings. The molecule has 1 aliphatic heterocycles. The third-order valence-electron chi connectivity index (χ3n) is 1.98. The molecule has 4 nitrogen and oxygen atoms in total. The van der Waals surface area contributed by atoms with Crippen LogP contribution in [0.1, 0.15) is 6.42 Å². The van der Waals surface area contributed by atoms with Gasteiger partial charge in [-0.25, -0.2) is 9.18 Å². The molecule has 1 fully saturated rings. The zero-order valence-corrected chi connectivity index (χ0v) is 6.75. The van der Waals surface area contributed by atoms with E-state index in [0.29, 0.717) is 13.0 Å². The Morgan fingerprint density at radius 2 is 2.50 bits per heavy atom. The minimum atomic E-state index is -0.932. The molecule has 5 heteroatoms. The Hall–Kier alpha value is -0.840. The van der Waals surface area contributed by atoms with Crippen LogP contribution in [-0.4, -0.2) is 32.0 Å². The van der Waals surface area contributed by atoms with Gasteiger partial charge in [0.05, 0.1) is 6.61 Å². The number of rotatable bonds is 2. The summed E-state index contributed by atoms with van der Waals surface area (Å²) in [6.45, 7) is 1.21. The van der Waals surface area contributed by atoms with Crippen molar-refractivity contribution in [2.24, 2.45) is 11.7 Å². The van der Waals surface area contributed by atoms with Gasteiger partial charge in [-0.2, -0.15) is 0 Å². The summed E-state index contributed by atoms with van der Waals surface area (Å²) in [6, 6.07) is 0. The van der Waals surface area contributed by atoms with Gasteiger partial charge in [-0.3, -0.25) is 0 Å². The SMILES string of the molecule is NC(=O)OC[C@H]1CCNC[C@H]1F. The largest absolute Gasteiger partial charge is 0.449 e. The van der Waals surface area contributed by atoms with Crippen LogP contribution in [0.5, 0.6) is 0 Å². The Balaban J connectivity index is 2.24. The van der Waals surface area contributed by atoms with E-state index in [1.807, 2.05) is 0 Å². The van der Waals surface area contributed by atoms with Gasteiger partial charge in [-0.05, 0) is 13.0 Å². The fourth-order valence-corrected chi connectivity index (χ4v) is 1.25. The first kappa shape index (κ1) is 9.25. The number of hydrogen-bond acceptors (Lipinski definition) is 3. The van der Waals surface area contributed by atoms with Gasteiger partial charge >= 0.3 is 6.09 Å². The highest BCUT2D eigenvalue weighted by Gasteiger charge is 2.25. The molecule has 12 heavy (non-hydrogen) atoms. The third-order valence-corrected chi connectivity index (χ3v) is 1.98. The molecule has 1 rings (SSSR count). The Morgan fingerprint density at radius 1 is 1.75 bits per heavy atom. The first-order chi connectivity index (χ1) is 5.70. The molecule has 0 aromatic heterocycles. The maximum absolute atomic E-state index is 13.0. The summed E-state index contributed by atoms with van der Waals surface area (Å²) in [5, 5.41) is 2.91. The standard InChI is InChI=1S/C7H13FN2O2/c8-6-3-10-2-1-5(6)4-12-7(9)11/h5-6,10H,1-4H2,(H2,9,11)/t5-,6-/m1/s1. The lowest BCUT2D eigenvalue weighted by atomic mass is 9.97. The first-order valence-electron chi connectivity index (χ1n) is 3.97. The highest BCUT2D eigenvalue weighted by molar-refractivity contribution is 5.64. The van der Waals surface area contributed by atoms with Crippen molar-refractivity contribution in [2.75, 3.05) is 19.7 Å². The summed E-state index contributed by atoms with van der Waals surface area (Å²) < 4.78 is 17.5. The summed E-state index contributed by atoms with van der Waals surface area (Å²) in [7, 11) is 0. The molecule has 3 N–H and O–H groups in total. The molecule has 70 valence electrons. The number of alkyl halides is 1. The van der Waals surface area contributed by atoms with E-state index in [4.69, 9.17) is 5.73 Å². The molecule has 0 spiro atoms. The average Bonchev–Trinajstić information content (AvgIpc) is 2.03. The number of carbonyl (C=O) groups is 1. The molecule has 1 amide bonds. The van der Waals surface area contributed by atoms with E-state index in [2.05, 4.69) is 10.1 Å². The number of hydrogen-bond donors (Lipinski definition) is 2. The van der Waals surface area contributed by atoms with Crippen molar-refractivity contribution in [1.29, 1.82) is 0 Å². The fraction of sp³-hybridized carbons (Fsp3) is 0.857. The lowest BCUT2D eigenvalue weighted by Gasteiger charge is -2.25. The van der Waals surface area contributed by atoms with Gasteiger partial charge in [0, 0.05) is 12.5 Å². The van der Waals surface area contributed by atoms with Gasteiger partial charge in [0.25, 0.3) is 0 Å². The number of piperidine rings is 1. The monoisotopic (exact) mass is 176 g/mol. The second kappa shape index (κ2) is 4.25. The average molecular weight is 176 g/mol. The van der Waals surface area contributed by atoms with Crippen molar-refractivity contribution in [2.45, 2.75) is 12.6 Å². The zero-order chi connectivity index (χ0) is 8.97. The van der Waals surface area contributed by atoms with Crippen LogP contribution in [0.2, 0.25) is 0 Å². The van der Waals surface area contributed by atoms with Gasteiger partial charge in [0.15, 0.2) is 0 Å². The van der Waals surface area contributed by atoms with Crippen molar-refractivity contribution in [3.63, 3.8) is 0 Å². The van der Waals surface area contributed by atoms with E-state index in [1.165, 1.54) is 0 Å². The second-order valence-electron chi connectivity index (χ2n) is 2.90. The Labute approximate surface area is 70.3 Å². The quantitative estimate of drug-likeness (QED) is 0.623. The number of primary amides is 1. The predicted octanol–water partition coefficient (Wildman–Crippen LogP) is 0.0293. The van der Waals surface area contributed by atoms with Crippen LogP contribution < -0.4 is 11.1 Å². The van der Waals surface area contributed by atoms with Gasteiger partial charge in [-0.15, -0.1) is 0 Å². The minimum Gasteiger partial charge on any atom is -0.449 e. The first-order valence-corrected chi connectivity index (χ1v) is 3.97. The van der Waals surface area contributed by atoms with E-state index >= 15 is 0 Å². The summed E-state index contributed by atoms with van der Waals surface area (Å²) in [5.41, 5.74) is 4.76. The van der Waals surface area contributed by atoms with Crippen LogP contribution in [0, 0.1) is 5.92 Å². The van der Waals surface area contributed by atoms with Crippen molar-refractivity contribution in [3.8, 4) is 0 Å². The maximum Gasteiger partial charge on any atom is 0.404 e. The summed E-state index contributed by atoms with van der Waals surface area (Å²) in [6.07, 6.45) is -1.08. The molecule has 1 saturated heterocycles. The van der Waals surface area contributed by atoms with Crippen molar-refractivity contribution in [3.05, 3.63) is 0 Å². The van der Waals surface area contributed by atoms with Crippen molar-refractivity contribution in [1.82, 2.24) is 5.32 Å². The molecule has 2 atom stereocenters. The van der Waals surface area contributed by atoms with E-state index in [1.54, 1.807) is 0 Å². The van der Waals surface area contributed by atoms with Crippen LogP contribution >= 0.6 is 0 Å². The molecule has 1 heterocycles. The third kappa shape index (κ3) is 2.65. The summed E-state index contributed by atoms with van der Waals surface area (Å²) in [4.78, 5) is 10.2. The molecule has 0 unspecified atom stereocenters. The highest BCUT2D eigenvalue weighted by atomic mass is 19.1. The summed E-state index contributed by atoms with van der Waals surface area (Å²) in [5.74, 6) is -0.196. The van der Waals surface area contributed by atoms with E-state index in [0.717, 1.165) is 6.54 Å². The molecule has 0 bridgehead atoms. The number of amides is 1. The molecular weight excluding hydrogens is 163 g/mol. The van der Waals surface area contributed by atoms with Gasteiger partial charge < -0.3 is 15.8 Å². The van der Waals surface area contributed by atoms with Crippen LogP contribution in [0.25, 0.3) is 0 Å². The number of nitrogens with two attached hydrogens (primary N) is 1. The molecule has 0 aliphatic carbocycles. The number of carbonyl (C=O) groups excluding carboxylic acids is 1. The molecule has 0 aromatic carbocycles. The maximum atomic E-state index is 13.0. The lowest BCUT2D eigenvalue weighted by Crippen LogP contribution is -2.40. The normalized spacial score (nSPS) is 29.8. The number of ether oxygens (including phenoxy) is 1. The minimum absolute atomic E-state index is 0.0954. The zero-order valence-electron chi connectivity index (χ0n) is 6.75. The van der Waals surface area contributed by atoms with Crippen LogP contribution in [0.15, 0.2) is 0 Å². The molecule has 1 aliphatic rings. The number of halogens is 1. The number of nitrogens with one attached hydrogen (secondary N) is 1. The van der Waals surface area contributed by atoms with Gasteiger partial charge in [0.1, 0.15) is 6.17 Å². The Morgan fingerprint density at radius 3 is 3.08 bits per heavy atom. The Kier molecular flexibility index (Phi) is 3.28. The van der Waals surface area contributed by atoms with Crippen molar-refractivity contribution < 1.29 is 13.9 Å². The van der Waals surface area contributed by atoms with Gasteiger partial charge in [0.2, 0.25) is 0 Å². The van der Waals surface area contributed by atoms with E-state index < -0.39 is 12.3 Å². The Bertz CT molecular complexity index is 165.